The van der Waals surface area contributed by atoms with Gasteiger partial charge in [0.05, 0.1) is 27.3 Å². The van der Waals surface area contributed by atoms with Gasteiger partial charge < -0.3 is 0 Å². The summed E-state index contributed by atoms with van der Waals surface area (Å²) >= 11 is 2.58. The van der Waals surface area contributed by atoms with Crippen molar-refractivity contribution >= 4 is 52.2 Å². The van der Waals surface area contributed by atoms with Gasteiger partial charge in [0, 0.05) is 41.6 Å². The summed E-state index contributed by atoms with van der Waals surface area (Å²) in [4.78, 5) is 46.9. The number of allylic oxidation sites excluding steroid dienone is 1. The average molecular weight is 540 g/mol. The number of nitrogens with zero attached hydrogens (tertiary/aromatic N) is 5. The molecule has 0 atom stereocenters. The van der Waals surface area contributed by atoms with Crippen molar-refractivity contribution in [3.8, 4) is 6.07 Å². The Balaban J connectivity index is 1.37. The van der Waals surface area contributed by atoms with Crippen molar-refractivity contribution in [1.29, 1.82) is 5.26 Å². The highest BCUT2D eigenvalue weighted by Crippen LogP contribution is 2.34. The van der Waals surface area contributed by atoms with Gasteiger partial charge >= 0.3 is 0 Å². The molecule has 11 heteroatoms. The summed E-state index contributed by atoms with van der Waals surface area (Å²) < 4.78 is 0. The number of nitro benzene ring substituents is 1. The van der Waals surface area contributed by atoms with Gasteiger partial charge in [-0.1, -0.05) is 30.0 Å². The van der Waals surface area contributed by atoms with Gasteiger partial charge in [0.15, 0.2) is 0 Å². The number of amides is 2. The van der Waals surface area contributed by atoms with Crippen LogP contribution in [0.1, 0.15) is 37.0 Å². The predicted octanol–water partition coefficient (Wildman–Crippen LogP) is 5.50. The Morgan fingerprint density at radius 2 is 1.84 bits per heavy atom. The number of rotatable bonds is 8. The van der Waals surface area contributed by atoms with Gasteiger partial charge in [0.2, 0.25) is 0 Å². The maximum absolute atomic E-state index is 12.6. The van der Waals surface area contributed by atoms with E-state index < -0.39 is 4.92 Å². The number of benzene rings is 2. The van der Waals surface area contributed by atoms with Gasteiger partial charge in [0.25, 0.3) is 17.5 Å². The first-order chi connectivity index (χ1) is 18.4. The van der Waals surface area contributed by atoms with E-state index in [1.807, 2.05) is 12.1 Å². The van der Waals surface area contributed by atoms with E-state index in [0.29, 0.717) is 43.7 Å². The molecule has 0 radical (unpaired) electrons. The second-order valence-corrected chi connectivity index (χ2v) is 10.0. The number of carbonyl (C=O) groups is 2. The lowest BCUT2D eigenvalue weighted by atomic mass is 10.1. The lowest BCUT2D eigenvalue weighted by molar-refractivity contribution is -0.384. The van der Waals surface area contributed by atoms with Crippen LogP contribution in [0, 0.1) is 21.4 Å². The fraction of sp³-hybridized carbons (Fsp3) is 0.0741. The van der Waals surface area contributed by atoms with Crippen LogP contribution in [-0.4, -0.2) is 38.2 Å². The second-order valence-electron chi connectivity index (χ2n) is 8.12. The van der Waals surface area contributed by atoms with E-state index in [1.54, 1.807) is 54.1 Å². The third-order valence-corrected chi connectivity index (χ3v) is 7.70. The number of aromatic nitrogens is 2. The molecule has 2 amide bonds. The molecule has 3 heterocycles. The molecule has 0 aliphatic carbocycles. The van der Waals surface area contributed by atoms with Crippen molar-refractivity contribution in [2.45, 2.75) is 16.3 Å². The Kier molecular flexibility index (Phi) is 7.08. The fourth-order valence-electron chi connectivity index (χ4n) is 3.89. The third kappa shape index (κ3) is 5.08. The maximum Gasteiger partial charge on any atom is 0.270 e. The zero-order chi connectivity index (χ0) is 26.6. The summed E-state index contributed by atoms with van der Waals surface area (Å²) in [6.45, 7) is 0.164. The molecule has 5 rings (SSSR count). The first-order valence-corrected chi connectivity index (χ1v) is 13.0. The molecule has 2 aromatic carbocycles. The van der Waals surface area contributed by atoms with E-state index >= 15 is 0 Å². The van der Waals surface area contributed by atoms with Crippen molar-refractivity contribution in [3.63, 3.8) is 0 Å². The number of thiazole rings is 1. The molecule has 0 N–H and O–H groups in total. The number of pyridine rings is 1. The number of imide groups is 1. The molecule has 0 saturated carbocycles. The van der Waals surface area contributed by atoms with Crippen molar-refractivity contribution in [3.05, 3.63) is 110 Å². The predicted molar refractivity (Wildman–Crippen MR) is 143 cm³/mol. The fourth-order valence-corrected chi connectivity index (χ4v) is 5.56. The van der Waals surface area contributed by atoms with E-state index in [2.05, 4.69) is 16.0 Å². The first kappa shape index (κ1) is 25.0. The normalized spacial score (nSPS) is 12.9. The van der Waals surface area contributed by atoms with Crippen LogP contribution in [-0.2, 0) is 6.42 Å². The number of nitriles is 1. The van der Waals surface area contributed by atoms with Crippen LogP contribution in [0.5, 0.6) is 0 Å². The Bertz CT molecular complexity index is 1610. The molecular formula is C27H17N5O4S2. The molecular weight excluding hydrogens is 522 g/mol. The Hall–Kier alpha value is -4.66. The minimum absolute atomic E-state index is 0.0975. The van der Waals surface area contributed by atoms with Crippen molar-refractivity contribution in [1.82, 2.24) is 14.9 Å². The standard InChI is InChI=1S/C27H17N5O4S2/c28-15-18(13-17-14-20(32(35)36)8-9-23(17)38-24-7-3-4-11-29-24)25-30-19(16-37-25)10-12-31-26(33)21-5-1-2-6-22(21)27(31)34/h1-9,11,13-14,16H,10,12H2. The van der Waals surface area contributed by atoms with Gasteiger partial charge in [0.1, 0.15) is 16.1 Å². The van der Waals surface area contributed by atoms with Crippen LogP contribution >= 0.6 is 23.1 Å². The monoisotopic (exact) mass is 539 g/mol. The van der Waals surface area contributed by atoms with Gasteiger partial charge in [-0.05, 0) is 42.0 Å². The molecule has 1 aliphatic rings. The quantitative estimate of drug-likeness (QED) is 0.124. The topological polar surface area (TPSA) is 130 Å². The highest BCUT2D eigenvalue weighted by Gasteiger charge is 2.34. The third-order valence-electron chi connectivity index (χ3n) is 5.73. The van der Waals surface area contributed by atoms with Crippen LogP contribution in [0.25, 0.3) is 11.6 Å². The summed E-state index contributed by atoms with van der Waals surface area (Å²) in [6, 6.07) is 18.8. The van der Waals surface area contributed by atoms with Gasteiger partial charge in [-0.2, -0.15) is 5.26 Å². The van der Waals surface area contributed by atoms with Gasteiger partial charge in [-0.3, -0.25) is 24.6 Å². The molecule has 38 heavy (non-hydrogen) atoms. The number of carbonyl (C=O) groups excluding carboxylic acids is 2. The molecule has 0 fully saturated rings. The molecule has 0 saturated heterocycles. The molecule has 4 aromatic rings. The SMILES string of the molecule is N#CC(=Cc1cc([N+](=O)[O-])ccc1Sc1ccccn1)c1nc(CCN2C(=O)c3ccccc3C2=O)cs1. The Labute approximate surface area is 225 Å². The molecule has 9 nitrogen and oxygen atoms in total. The minimum atomic E-state index is -0.487. The molecule has 2 aromatic heterocycles. The van der Waals surface area contributed by atoms with E-state index in [1.165, 1.54) is 40.1 Å². The highest BCUT2D eigenvalue weighted by molar-refractivity contribution is 7.99. The van der Waals surface area contributed by atoms with Crippen molar-refractivity contribution in [2.75, 3.05) is 6.54 Å². The minimum Gasteiger partial charge on any atom is -0.274 e. The molecule has 0 spiro atoms. The van der Waals surface area contributed by atoms with E-state index in [0.717, 1.165) is 0 Å². The van der Waals surface area contributed by atoms with Crippen molar-refractivity contribution in [2.24, 2.45) is 0 Å². The number of nitro groups is 1. The largest absolute Gasteiger partial charge is 0.274 e. The van der Waals surface area contributed by atoms with Crippen molar-refractivity contribution < 1.29 is 14.5 Å². The van der Waals surface area contributed by atoms with E-state index in [-0.39, 0.29) is 29.6 Å². The maximum atomic E-state index is 12.6. The van der Waals surface area contributed by atoms with Crippen LogP contribution in [0.3, 0.4) is 0 Å². The number of fused-ring (bicyclic) bond motifs is 1. The number of hydrogen-bond acceptors (Lipinski definition) is 9. The lowest BCUT2D eigenvalue weighted by Gasteiger charge is -2.12. The van der Waals surface area contributed by atoms with Crippen LogP contribution in [0.2, 0.25) is 0 Å². The number of non-ortho nitro benzene ring substituents is 1. The molecule has 0 unspecified atom stereocenters. The molecule has 0 bridgehead atoms. The van der Waals surface area contributed by atoms with Crippen LogP contribution in [0.4, 0.5) is 5.69 Å². The summed E-state index contributed by atoms with van der Waals surface area (Å²) in [5, 5.41) is 24.2. The van der Waals surface area contributed by atoms with Gasteiger partial charge in [-0.15, -0.1) is 11.3 Å². The average Bonchev–Trinajstić information content (AvgIpc) is 3.50. The molecule has 186 valence electrons. The summed E-state index contributed by atoms with van der Waals surface area (Å²) in [5.41, 5.74) is 2.05. The zero-order valence-corrected chi connectivity index (χ0v) is 21.2. The number of hydrogen-bond donors (Lipinski definition) is 0. The highest BCUT2D eigenvalue weighted by atomic mass is 32.2. The zero-order valence-electron chi connectivity index (χ0n) is 19.6. The van der Waals surface area contributed by atoms with Crippen LogP contribution < -0.4 is 0 Å². The van der Waals surface area contributed by atoms with E-state index in [9.17, 15) is 25.0 Å². The summed E-state index contributed by atoms with van der Waals surface area (Å²) in [5.74, 6) is -0.662. The Morgan fingerprint density at radius 1 is 1.11 bits per heavy atom. The Morgan fingerprint density at radius 3 is 2.50 bits per heavy atom. The summed E-state index contributed by atoms with van der Waals surface area (Å²) in [6.07, 6.45) is 3.56. The van der Waals surface area contributed by atoms with E-state index in [4.69, 9.17) is 0 Å². The van der Waals surface area contributed by atoms with Crippen LogP contribution in [0.15, 0.2) is 82.2 Å². The second kappa shape index (κ2) is 10.8. The first-order valence-electron chi connectivity index (χ1n) is 11.3. The van der Waals surface area contributed by atoms with Gasteiger partial charge in [-0.25, -0.2) is 9.97 Å². The summed E-state index contributed by atoms with van der Waals surface area (Å²) in [7, 11) is 0. The molecule has 1 aliphatic heterocycles. The lowest BCUT2D eigenvalue weighted by Crippen LogP contribution is -2.31. The smallest absolute Gasteiger partial charge is 0.270 e.